The van der Waals surface area contributed by atoms with Crippen LogP contribution in [0, 0.1) is 0 Å². The van der Waals surface area contributed by atoms with Gasteiger partial charge in [0.25, 0.3) is 0 Å². The molecule has 8 heteroatoms. The van der Waals surface area contributed by atoms with E-state index in [2.05, 4.69) is 58.0 Å². The first-order valence-electron chi connectivity index (χ1n) is 9.67. The number of nitrogens with one attached hydrogen (secondary N) is 1. The number of nitrogens with zero attached hydrogens (tertiary/aromatic N) is 5. The molecule has 0 atom stereocenters. The Morgan fingerprint density at radius 2 is 2.00 bits per heavy atom. The molecule has 1 heterocycles. The van der Waals surface area contributed by atoms with Gasteiger partial charge >= 0.3 is 0 Å². The van der Waals surface area contributed by atoms with E-state index >= 15 is 0 Å². The minimum Gasteiger partial charge on any atom is -0.497 e. The maximum absolute atomic E-state index is 5.22. The Bertz CT molecular complexity index is 701. The zero-order valence-corrected chi connectivity index (χ0v) is 19.7. The van der Waals surface area contributed by atoms with Gasteiger partial charge in [-0.15, -0.1) is 34.2 Å². The van der Waals surface area contributed by atoms with Crippen LogP contribution < -0.4 is 10.1 Å². The number of aromatic nitrogens is 3. The number of benzene rings is 1. The van der Waals surface area contributed by atoms with Crippen molar-refractivity contribution in [3.05, 3.63) is 42.0 Å². The van der Waals surface area contributed by atoms with E-state index < -0.39 is 0 Å². The summed E-state index contributed by atoms with van der Waals surface area (Å²) in [6.45, 7) is 7.51. The molecule has 0 amide bonds. The number of aryl methyl sites for hydroxylation is 1. The number of unbranched alkanes of at least 4 members (excludes halogenated alkanes) is 1. The summed E-state index contributed by atoms with van der Waals surface area (Å²) in [5.74, 6) is 2.79. The summed E-state index contributed by atoms with van der Waals surface area (Å²) in [6, 6.07) is 8.04. The monoisotopic (exact) mass is 500 g/mol. The molecular formula is C20H33IN6O. The quantitative estimate of drug-likeness (QED) is 0.308. The predicted octanol–water partition coefficient (Wildman–Crippen LogP) is 3.34. The van der Waals surface area contributed by atoms with Gasteiger partial charge in [0, 0.05) is 33.1 Å². The van der Waals surface area contributed by atoms with Gasteiger partial charge in [0.15, 0.2) is 5.96 Å². The highest BCUT2D eigenvalue weighted by Gasteiger charge is 2.07. The van der Waals surface area contributed by atoms with Crippen molar-refractivity contribution in [2.24, 2.45) is 4.99 Å². The van der Waals surface area contributed by atoms with Gasteiger partial charge in [0.2, 0.25) is 0 Å². The van der Waals surface area contributed by atoms with Crippen LogP contribution in [-0.2, 0) is 19.5 Å². The Labute approximate surface area is 185 Å². The lowest BCUT2D eigenvalue weighted by Crippen LogP contribution is -2.41. The minimum atomic E-state index is 0. The molecule has 2 rings (SSSR count). The number of aliphatic imine (C=N–C) groups is 1. The van der Waals surface area contributed by atoms with Gasteiger partial charge in [-0.1, -0.05) is 32.4 Å². The maximum Gasteiger partial charge on any atom is 0.194 e. The van der Waals surface area contributed by atoms with Crippen LogP contribution in [0.25, 0.3) is 0 Å². The molecule has 0 radical (unpaired) electrons. The Morgan fingerprint density at radius 1 is 1.25 bits per heavy atom. The Morgan fingerprint density at radius 3 is 2.64 bits per heavy atom. The first-order valence-corrected chi connectivity index (χ1v) is 9.67. The number of rotatable bonds is 10. The maximum atomic E-state index is 5.22. The van der Waals surface area contributed by atoms with Gasteiger partial charge in [-0.2, -0.15) is 0 Å². The lowest BCUT2D eigenvalue weighted by atomic mass is 10.2. The second-order valence-corrected chi connectivity index (χ2v) is 6.48. The van der Waals surface area contributed by atoms with E-state index in [1.807, 2.05) is 12.1 Å². The third-order valence-corrected chi connectivity index (χ3v) is 4.43. The first kappa shape index (κ1) is 24.2. The summed E-state index contributed by atoms with van der Waals surface area (Å²) in [5, 5.41) is 11.6. The Kier molecular flexibility index (Phi) is 11.5. The molecule has 0 saturated heterocycles. The van der Waals surface area contributed by atoms with Crippen molar-refractivity contribution in [3.8, 4) is 5.75 Å². The van der Waals surface area contributed by atoms with E-state index in [0.717, 1.165) is 62.0 Å². The molecule has 0 aliphatic carbocycles. The largest absolute Gasteiger partial charge is 0.497 e. The lowest BCUT2D eigenvalue weighted by Gasteiger charge is -2.22. The van der Waals surface area contributed by atoms with Crippen LogP contribution >= 0.6 is 24.0 Å². The SMILES string of the molecule is CCCCN(C)C(=NCc1ccc(OC)cc1)NCCn1cnnc1CC.I. The van der Waals surface area contributed by atoms with Gasteiger partial charge in [-0.25, -0.2) is 4.99 Å². The Hall–Kier alpha value is -1.84. The smallest absolute Gasteiger partial charge is 0.194 e. The van der Waals surface area contributed by atoms with Gasteiger partial charge in [0.1, 0.15) is 17.9 Å². The lowest BCUT2D eigenvalue weighted by molar-refractivity contribution is 0.414. The molecule has 1 aromatic carbocycles. The van der Waals surface area contributed by atoms with Crippen molar-refractivity contribution in [3.63, 3.8) is 0 Å². The van der Waals surface area contributed by atoms with E-state index in [9.17, 15) is 0 Å². The summed E-state index contributed by atoms with van der Waals surface area (Å²) in [6.07, 6.45) is 4.98. The van der Waals surface area contributed by atoms with Crippen LogP contribution in [0.1, 0.15) is 38.1 Å². The fraction of sp³-hybridized carbons (Fsp3) is 0.550. The van der Waals surface area contributed by atoms with Crippen molar-refractivity contribution in [2.75, 3.05) is 27.2 Å². The Balaban J connectivity index is 0.00000392. The molecule has 0 bridgehead atoms. The van der Waals surface area contributed by atoms with Gasteiger partial charge in [-0.3, -0.25) is 0 Å². The van der Waals surface area contributed by atoms with E-state index in [1.165, 1.54) is 0 Å². The van der Waals surface area contributed by atoms with Crippen molar-refractivity contribution in [1.82, 2.24) is 25.0 Å². The van der Waals surface area contributed by atoms with Crippen molar-refractivity contribution < 1.29 is 4.74 Å². The molecule has 156 valence electrons. The molecule has 1 N–H and O–H groups in total. The van der Waals surface area contributed by atoms with Crippen LogP contribution in [0.2, 0.25) is 0 Å². The van der Waals surface area contributed by atoms with Crippen molar-refractivity contribution in [1.29, 1.82) is 0 Å². The summed E-state index contributed by atoms with van der Waals surface area (Å²) in [4.78, 5) is 7.01. The molecule has 0 fully saturated rings. The van der Waals surface area contributed by atoms with Crippen LogP contribution in [0.15, 0.2) is 35.6 Å². The summed E-state index contributed by atoms with van der Waals surface area (Å²) in [7, 11) is 3.77. The van der Waals surface area contributed by atoms with E-state index in [4.69, 9.17) is 9.73 Å². The average molecular weight is 500 g/mol. The highest BCUT2D eigenvalue weighted by Crippen LogP contribution is 2.12. The number of guanidine groups is 1. The molecule has 0 aliphatic heterocycles. The molecular weight excluding hydrogens is 467 g/mol. The zero-order valence-electron chi connectivity index (χ0n) is 17.4. The highest BCUT2D eigenvalue weighted by molar-refractivity contribution is 14.0. The van der Waals surface area contributed by atoms with Gasteiger partial charge in [0.05, 0.1) is 13.7 Å². The van der Waals surface area contributed by atoms with Crippen LogP contribution in [0.5, 0.6) is 5.75 Å². The van der Waals surface area contributed by atoms with Crippen LogP contribution in [-0.4, -0.2) is 52.9 Å². The third kappa shape index (κ3) is 7.65. The molecule has 2 aromatic rings. The van der Waals surface area contributed by atoms with Crippen LogP contribution in [0.3, 0.4) is 0 Å². The normalized spacial score (nSPS) is 11.1. The molecule has 0 aliphatic rings. The summed E-state index contributed by atoms with van der Waals surface area (Å²) in [5.41, 5.74) is 1.16. The standard InChI is InChI=1S/C20H32N6O.HI/c1-5-7-13-25(3)20(21-12-14-26-16-23-24-19(26)6-2)22-15-17-8-10-18(27-4)11-9-17;/h8-11,16H,5-7,12-15H2,1-4H3,(H,21,22);1H. The fourth-order valence-electron chi connectivity index (χ4n) is 2.74. The minimum absolute atomic E-state index is 0. The number of halogens is 1. The number of hydrogen-bond donors (Lipinski definition) is 1. The fourth-order valence-corrected chi connectivity index (χ4v) is 2.74. The molecule has 28 heavy (non-hydrogen) atoms. The third-order valence-electron chi connectivity index (χ3n) is 4.43. The van der Waals surface area contributed by atoms with Crippen molar-refractivity contribution >= 4 is 29.9 Å². The van der Waals surface area contributed by atoms with E-state index in [-0.39, 0.29) is 24.0 Å². The summed E-state index contributed by atoms with van der Waals surface area (Å²) >= 11 is 0. The van der Waals surface area contributed by atoms with Crippen molar-refractivity contribution in [2.45, 2.75) is 46.2 Å². The van der Waals surface area contributed by atoms with E-state index in [1.54, 1.807) is 13.4 Å². The molecule has 0 spiro atoms. The number of ether oxygens (including phenoxy) is 1. The van der Waals surface area contributed by atoms with Gasteiger partial charge < -0.3 is 19.5 Å². The molecule has 7 nitrogen and oxygen atoms in total. The van der Waals surface area contributed by atoms with Gasteiger partial charge in [-0.05, 0) is 24.1 Å². The molecule has 0 saturated carbocycles. The number of methoxy groups -OCH3 is 1. The zero-order chi connectivity index (χ0) is 19.5. The topological polar surface area (TPSA) is 67.6 Å². The second-order valence-electron chi connectivity index (χ2n) is 6.48. The second kappa shape index (κ2) is 13.4. The average Bonchev–Trinajstić information content (AvgIpc) is 3.16. The molecule has 1 aromatic heterocycles. The number of hydrogen-bond acceptors (Lipinski definition) is 4. The highest BCUT2D eigenvalue weighted by atomic mass is 127. The summed E-state index contributed by atoms with van der Waals surface area (Å²) < 4.78 is 7.30. The molecule has 0 unspecified atom stereocenters. The predicted molar refractivity (Wildman–Crippen MR) is 124 cm³/mol. The van der Waals surface area contributed by atoms with Crippen LogP contribution in [0.4, 0.5) is 0 Å². The first-order chi connectivity index (χ1) is 13.2. The van der Waals surface area contributed by atoms with E-state index in [0.29, 0.717) is 6.54 Å².